The quantitative estimate of drug-likeness (QED) is 0.787. The highest BCUT2D eigenvalue weighted by atomic mass is 35.5. The highest BCUT2D eigenvalue weighted by Gasteiger charge is 2.40. The van der Waals surface area contributed by atoms with Crippen LogP contribution in [0.1, 0.15) is 18.4 Å². The standard InChI is InChI=1S/C12H13ClN2/c1-15-7-10(13)9-6-8(2-3-11(9)15)12(14)4-5-12/h2-3,6-7H,4-5,14H2,1H3. The second kappa shape index (κ2) is 2.77. The van der Waals surface area contributed by atoms with E-state index in [1.165, 1.54) is 5.56 Å². The lowest BCUT2D eigenvalue weighted by Gasteiger charge is -2.09. The Morgan fingerprint density at radius 3 is 2.80 bits per heavy atom. The molecule has 15 heavy (non-hydrogen) atoms. The molecule has 2 N–H and O–H groups in total. The maximum atomic E-state index is 6.17. The molecule has 0 aliphatic heterocycles. The Balaban J connectivity index is 2.25. The Morgan fingerprint density at radius 1 is 1.40 bits per heavy atom. The lowest BCUT2D eigenvalue weighted by molar-refractivity contribution is 0.741. The number of rotatable bonds is 1. The first-order valence-corrected chi connectivity index (χ1v) is 5.52. The summed E-state index contributed by atoms with van der Waals surface area (Å²) in [5, 5.41) is 1.91. The van der Waals surface area contributed by atoms with Crippen molar-refractivity contribution >= 4 is 22.5 Å². The number of benzene rings is 1. The molecular weight excluding hydrogens is 208 g/mol. The van der Waals surface area contributed by atoms with Crippen LogP contribution in [0.5, 0.6) is 0 Å². The van der Waals surface area contributed by atoms with E-state index in [0.717, 1.165) is 28.8 Å². The van der Waals surface area contributed by atoms with Gasteiger partial charge in [0.25, 0.3) is 0 Å². The number of hydrogen-bond donors (Lipinski definition) is 1. The maximum absolute atomic E-state index is 6.17. The largest absolute Gasteiger partial charge is 0.349 e. The molecule has 0 saturated heterocycles. The average Bonchev–Trinajstić information content (AvgIpc) is 2.90. The van der Waals surface area contributed by atoms with Gasteiger partial charge in [-0.05, 0) is 30.5 Å². The van der Waals surface area contributed by atoms with Crippen molar-refractivity contribution in [3.63, 3.8) is 0 Å². The van der Waals surface area contributed by atoms with Gasteiger partial charge < -0.3 is 10.3 Å². The molecule has 0 bridgehead atoms. The molecule has 1 fully saturated rings. The fourth-order valence-corrected chi connectivity index (χ4v) is 2.37. The number of nitrogens with two attached hydrogens (primary N) is 1. The Kier molecular flexibility index (Phi) is 1.71. The van der Waals surface area contributed by atoms with Gasteiger partial charge in [-0.25, -0.2) is 0 Å². The summed E-state index contributed by atoms with van der Waals surface area (Å²) < 4.78 is 2.04. The van der Waals surface area contributed by atoms with E-state index in [4.69, 9.17) is 17.3 Å². The zero-order chi connectivity index (χ0) is 10.6. The molecule has 0 spiro atoms. The monoisotopic (exact) mass is 220 g/mol. The molecule has 2 nitrogen and oxygen atoms in total. The summed E-state index contributed by atoms with van der Waals surface area (Å²) in [6, 6.07) is 6.35. The Hall–Kier alpha value is -0.990. The molecule has 0 atom stereocenters. The van der Waals surface area contributed by atoms with Gasteiger partial charge in [-0.1, -0.05) is 17.7 Å². The van der Waals surface area contributed by atoms with Gasteiger partial charge in [0.15, 0.2) is 0 Å². The fraction of sp³-hybridized carbons (Fsp3) is 0.333. The van der Waals surface area contributed by atoms with Crippen molar-refractivity contribution in [2.24, 2.45) is 12.8 Å². The molecule has 1 aromatic heterocycles. The molecule has 0 radical (unpaired) electrons. The summed E-state index contributed by atoms with van der Waals surface area (Å²) >= 11 is 6.16. The van der Waals surface area contributed by atoms with Crippen molar-refractivity contribution in [2.75, 3.05) is 0 Å². The third-order valence-electron chi connectivity index (χ3n) is 3.30. The SMILES string of the molecule is Cn1cc(Cl)c2cc(C3(N)CC3)ccc21. The van der Waals surface area contributed by atoms with E-state index < -0.39 is 0 Å². The van der Waals surface area contributed by atoms with Crippen LogP contribution >= 0.6 is 11.6 Å². The van der Waals surface area contributed by atoms with Gasteiger partial charge in [0.1, 0.15) is 0 Å². The van der Waals surface area contributed by atoms with Gasteiger partial charge in [-0.2, -0.15) is 0 Å². The van der Waals surface area contributed by atoms with E-state index in [0.29, 0.717) is 0 Å². The minimum absolute atomic E-state index is 0.0760. The first kappa shape index (κ1) is 9.25. The topological polar surface area (TPSA) is 30.9 Å². The summed E-state index contributed by atoms with van der Waals surface area (Å²) in [5.74, 6) is 0. The Morgan fingerprint density at radius 2 is 2.13 bits per heavy atom. The molecule has 1 aromatic carbocycles. The van der Waals surface area contributed by atoms with Gasteiger partial charge in [0.2, 0.25) is 0 Å². The first-order chi connectivity index (χ1) is 7.10. The number of hydrogen-bond acceptors (Lipinski definition) is 1. The predicted molar refractivity (Wildman–Crippen MR) is 63.0 cm³/mol. The van der Waals surface area contributed by atoms with Gasteiger partial charge in [0, 0.05) is 29.7 Å². The fourth-order valence-electron chi connectivity index (χ4n) is 2.08. The Labute approximate surface area is 93.6 Å². The summed E-state index contributed by atoms with van der Waals surface area (Å²) in [6.07, 6.45) is 4.11. The second-order valence-corrected chi connectivity index (χ2v) is 4.88. The van der Waals surface area contributed by atoms with Crippen LogP contribution in [-0.2, 0) is 12.6 Å². The molecular formula is C12H13ClN2. The van der Waals surface area contributed by atoms with Crippen molar-refractivity contribution in [2.45, 2.75) is 18.4 Å². The minimum atomic E-state index is -0.0760. The predicted octanol–water partition coefficient (Wildman–Crippen LogP) is 2.78. The normalized spacial score (nSPS) is 18.3. The minimum Gasteiger partial charge on any atom is -0.349 e. The molecule has 3 heteroatoms. The number of aryl methyl sites for hydroxylation is 1. The summed E-state index contributed by atoms with van der Waals surface area (Å²) in [4.78, 5) is 0. The lowest BCUT2D eigenvalue weighted by Crippen LogP contribution is -2.18. The molecule has 1 saturated carbocycles. The van der Waals surface area contributed by atoms with Gasteiger partial charge >= 0.3 is 0 Å². The van der Waals surface area contributed by atoms with Crippen LogP contribution in [0.4, 0.5) is 0 Å². The second-order valence-electron chi connectivity index (χ2n) is 4.48. The maximum Gasteiger partial charge on any atom is 0.0661 e. The summed E-state index contributed by atoms with van der Waals surface area (Å²) in [7, 11) is 2.00. The van der Waals surface area contributed by atoms with Crippen molar-refractivity contribution in [3.8, 4) is 0 Å². The highest BCUT2D eigenvalue weighted by molar-refractivity contribution is 6.35. The molecule has 0 amide bonds. The zero-order valence-electron chi connectivity index (χ0n) is 8.63. The van der Waals surface area contributed by atoms with Crippen molar-refractivity contribution in [3.05, 3.63) is 35.0 Å². The third-order valence-corrected chi connectivity index (χ3v) is 3.61. The lowest BCUT2D eigenvalue weighted by atomic mass is 10.0. The van der Waals surface area contributed by atoms with Gasteiger partial charge in [0.05, 0.1) is 5.02 Å². The molecule has 1 heterocycles. The number of nitrogens with zero attached hydrogens (tertiary/aromatic N) is 1. The van der Waals surface area contributed by atoms with Crippen LogP contribution in [-0.4, -0.2) is 4.57 Å². The molecule has 2 aromatic rings. The zero-order valence-corrected chi connectivity index (χ0v) is 9.38. The first-order valence-electron chi connectivity index (χ1n) is 5.14. The molecule has 0 unspecified atom stereocenters. The summed E-state index contributed by atoms with van der Waals surface area (Å²) in [6.45, 7) is 0. The van der Waals surface area contributed by atoms with Crippen molar-refractivity contribution < 1.29 is 0 Å². The average molecular weight is 221 g/mol. The van der Waals surface area contributed by atoms with E-state index in [9.17, 15) is 0 Å². The van der Waals surface area contributed by atoms with Crippen LogP contribution in [0.3, 0.4) is 0 Å². The molecule has 1 aliphatic rings. The number of fused-ring (bicyclic) bond motifs is 1. The van der Waals surface area contributed by atoms with Crippen LogP contribution in [0.15, 0.2) is 24.4 Å². The van der Waals surface area contributed by atoms with Crippen molar-refractivity contribution in [1.29, 1.82) is 0 Å². The Bertz CT molecular complexity index is 538. The smallest absolute Gasteiger partial charge is 0.0661 e. The van der Waals surface area contributed by atoms with E-state index in [1.54, 1.807) is 0 Å². The van der Waals surface area contributed by atoms with Crippen LogP contribution in [0, 0.1) is 0 Å². The van der Waals surface area contributed by atoms with Crippen LogP contribution in [0.2, 0.25) is 5.02 Å². The van der Waals surface area contributed by atoms with Gasteiger partial charge in [-0.3, -0.25) is 0 Å². The van der Waals surface area contributed by atoms with Crippen molar-refractivity contribution in [1.82, 2.24) is 4.57 Å². The molecule has 78 valence electrons. The highest BCUT2D eigenvalue weighted by Crippen LogP contribution is 2.43. The van der Waals surface area contributed by atoms with Crippen LogP contribution < -0.4 is 5.73 Å². The number of aromatic nitrogens is 1. The van der Waals surface area contributed by atoms with Gasteiger partial charge in [-0.15, -0.1) is 0 Å². The van der Waals surface area contributed by atoms with Crippen LogP contribution in [0.25, 0.3) is 10.9 Å². The van der Waals surface area contributed by atoms with E-state index in [1.807, 2.05) is 17.8 Å². The third kappa shape index (κ3) is 1.29. The molecule has 1 aliphatic carbocycles. The number of halogens is 1. The van der Waals surface area contributed by atoms with E-state index in [2.05, 4.69) is 18.2 Å². The van der Waals surface area contributed by atoms with E-state index in [-0.39, 0.29) is 5.54 Å². The summed E-state index contributed by atoms with van der Waals surface area (Å²) in [5.41, 5.74) is 8.46. The molecule has 3 rings (SSSR count). The van der Waals surface area contributed by atoms with E-state index >= 15 is 0 Å².